The van der Waals surface area contributed by atoms with Gasteiger partial charge in [-0.05, 0) is 29.0 Å². The number of hydrogen-bond acceptors (Lipinski definition) is 5. The van der Waals surface area contributed by atoms with Crippen LogP contribution in [0, 0.1) is 0 Å². The van der Waals surface area contributed by atoms with Crippen LogP contribution in [0.25, 0.3) is 0 Å². The van der Waals surface area contributed by atoms with E-state index in [1.165, 1.54) is 12.7 Å². The number of carbonyl (C=O) groups is 1. The molecule has 25 heavy (non-hydrogen) atoms. The van der Waals surface area contributed by atoms with Crippen molar-refractivity contribution in [2.75, 3.05) is 46.6 Å². The zero-order chi connectivity index (χ0) is 18.3. The van der Waals surface area contributed by atoms with Gasteiger partial charge < -0.3 is 14.2 Å². The highest BCUT2D eigenvalue weighted by Crippen LogP contribution is 2.29. The topological polar surface area (TPSA) is 48.0 Å². The minimum absolute atomic E-state index is 0.0587. The van der Waals surface area contributed by atoms with E-state index in [-0.39, 0.29) is 11.4 Å². The number of morpholine rings is 1. The Labute approximate surface area is 151 Å². The second kappa shape index (κ2) is 9.20. The van der Waals surface area contributed by atoms with Crippen LogP contribution in [0.4, 0.5) is 0 Å². The molecule has 1 aliphatic rings. The predicted molar refractivity (Wildman–Crippen MR) is 98.2 cm³/mol. The Morgan fingerprint density at radius 3 is 2.60 bits per heavy atom. The Bertz CT molecular complexity index is 559. The lowest BCUT2D eigenvalue weighted by Gasteiger charge is -2.27. The smallest absolute Gasteiger partial charge is 0.305 e. The van der Waals surface area contributed by atoms with Crippen LogP contribution in [-0.4, -0.2) is 57.4 Å². The molecule has 1 aromatic carbocycles. The van der Waals surface area contributed by atoms with Crippen molar-refractivity contribution in [1.82, 2.24) is 4.90 Å². The van der Waals surface area contributed by atoms with Gasteiger partial charge >= 0.3 is 5.97 Å². The number of nitrogens with zero attached hydrogens (tertiary/aromatic N) is 1. The minimum atomic E-state index is -0.195. The molecule has 0 radical (unpaired) electrons. The fourth-order valence-corrected chi connectivity index (χ4v) is 2.81. The van der Waals surface area contributed by atoms with Crippen LogP contribution in [0.2, 0.25) is 0 Å². The van der Waals surface area contributed by atoms with Gasteiger partial charge in [-0.3, -0.25) is 9.69 Å². The van der Waals surface area contributed by atoms with Crippen molar-refractivity contribution in [3.8, 4) is 5.75 Å². The maximum atomic E-state index is 11.5. The normalized spacial score (nSPS) is 15.8. The summed E-state index contributed by atoms with van der Waals surface area (Å²) in [5, 5.41) is 0. The molecule has 5 heteroatoms. The molecule has 0 bridgehead atoms. The number of hydrogen-bond donors (Lipinski definition) is 0. The van der Waals surface area contributed by atoms with Crippen LogP contribution in [0.15, 0.2) is 18.2 Å². The number of rotatable bonds is 7. The molecule has 1 fully saturated rings. The molecule has 2 rings (SSSR count). The summed E-state index contributed by atoms with van der Waals surface area (Å²) < 4.78 is 16.2. The summed E-state index contributed by atoms with van der Waals surface area (Å²) in [5.41, 5.74) is 2.35. The maximum absolute atomic E-state index is 11.5. The second-order valence-electron chi connectivity index (χ2n) is 7.45. The van der Waals surface area contributed by atoms with Crippen molar-refractivity contribution >= 4 is 5.97 Å². The molecule has 0 unspecified atom stereocenters. The SMILES string of the molecule is COC(=O)CCc1ccc(C(C)(C)C)cc1OCCN1CCOCC1. The third-order valence-corrected chi connectivity index (χ3v) is 4.53. The first-order valence-electron chi connectivity index (χ1n) is 9.03. The largest absolute Gasteiger partial charge is 0.492 e. The van der Waals surface area contributed by atoms with Crippen molar-refractivity contribution in [2.45, 2.75) is 39.0 Å². The quantitative estimate of drug-likeness (QED) is 0.709. The average molecular weight is 349 g/mol. The van der Waals surface area contributed by atoms with Gasteiger partial charge in [-0.2, -0.15) is 0 Å². The van der Waals surface area contributed by atoms with Gasteiger partial charge in [-0.15, -0.1) is 0 Å². The Balaban J connectivity index is 2.03. The molecule has 1 saturated heterocycles. The molecule has 1 aliphatic heterocycles. The van der Waals surface area contributed by atoms with E-state index in [2.05, 4.69) is 43.9 Å². The summed E-state index contributed by atoms with van der Waals surface area (Å²) in [6.07, 6.45) is 0.995. The fraction of sp³-hybridized carbons (Fsp3) is 0.650. The molecular weight excluding hydrogens is 318 g/mol. The molecule has 5 nitrogen and oxygen atoms in total. The summed E-state index contributed by atoms with van der Waals surface area (Å²) >= 11 is 0. The van der Waals surface area contributed by atoms with E-state index in [1.807, 2.05) is 0 Å². The molecule has 140 valence electrons. The molecule has 0 atom stereocenters. The highest BCUT2D eigenvalue weighted by molar-refractivity contribution is 5.69. The zero-order valence-corrected chi connectivity index (χ0v) is 16.0. The molecule has 0 N–H and O–H groups in total. The lowest BCUT2D eigenvalue weighted by molar-refractivity contribution is -0.140. The third kappa shape index (κ3) is 6.33. The van der Waals surface area contributed by atoms with Gasteiger partial charge in [0.1, 0.15) is 12.4 Å². The first-order chi connectivity index (χ1) is 11.9. The Kier molecular flexibility index (Phi) is 7.26. The molecule has 0 aromatic heterocycles. The summed E-state index contributed by atoms with van der Waals surface area (Å²) in [6, 6.07) is 6.32. The van der Waals surface area contributed by atoms with Crippen LogP contribution in [0.1, 0.15) is 38.3 Å². The minimum Gasteiger partial charge on any atom is -0.492 e. The summed E-state index contributed by atoms with van der Waals surface area (Å²) in [7, 11) is 1.42. The highest BCUT2D eigenvalue weighted by Gasteiger charge is 2.17. The molecular formula is C20H31NO4. The van der Waals surface area contributed by atoms with Crippen LogP contribution < -0.4 is 4.74 Å². The molecule has 1 heterocycles. The van der Waals surface area contributed by atoms with Crippen molar-refractivity contribution in [3.05, 3.63) is 29.3 Å². The summed E-state index contributed by atoms with van der Waals surface area (Å²) in [6.45, 7) is 11.6. The van der Waals surface area contributed by atoms with Crippen LogP contribution in [0.5, 0.6) is 5.75 Å². The van der Waals surface area contributed by atoms with Gasteiger partial charge in [0.25, 0.3) is 0 Å². The molecule has 0 spiro atoms. The molecule has 0 amide bonds. The van der Waals surface area contributed by atoms with Crippen LogP contribution >= 0.6 is 0 Å². The van der Waals surface area contributed by atoms with Crippen LogP contribution in [-0.2, 0) is 26.1 Å². The fourth-order valence-electron chi connectivity index (χ4n) is 2.81. The van der Waals surface area contributed by atoms with Gasteiger partial charge in [0.05, 0.1) is 20.3 Å². The lowest BCUT2D eigenvalue weighted by atomic mass is 9.86. The van der Waals surface area contributed by atoms with Gasteiger partial charge in [0.2, 0.25) is 0 Å². The summed E-state index contributed by atoms with van der Waals surface area (Å²) in [5.74, 6) is 0.684. The number of methoxy groups -OCH3 is 1. The van der Waals surface area contributed by atoms with E-state index in [4.69, 9.17) is 14.2 Å². The Morgan fingerprint density at radius 1 is 1.24 bits per heavy atom. The predicted octanol–water partition coefficient (Wildman–Crippen LogP) is 2.80. The second-order valence-corrected chi connectivity index (χ2v) is 7.45. The third-order valence-electron chi connectivity index (χ3n) is 4.53. The van der Waals surface area contributed by atoms with E-state index >= 15 is 0 Å². The van der Waals surface area contributed by atoms with Crippen molar-refractivity contribution in [3.63, 3.8) is 0 Å². The van der Waals surface area contributed by atoms with Crippen molar-refractivity contribution in [2.24, 2.45) is 0 Å². The Hall–Kier alpha value is -1.59. The molecule has 0 saturated carbocycles. The molecule has 1 aromatic rings. The van der Waals surface area contributed by atoms with Gasteiger partial charge in [0, 0.05) is 26.1 Å². The lowest BCUT2D eigenvalue weighted by Crippen LogP contribution is -2.38. The number of benzene rings is 1. The van der Waals surface area contributed by atoms with Gasteiger partial charge in [0.15, 0.2) is 0 Å². The Morgan fingerprint density at radius 2 is 1.96 bits per heavy atom. The van der Waals surface area contributed by atoms with E-state index in [1.54, 1.807) is 0 Å². The van der Waals surface area contributed by atoms with Gasteiger partial charge in [-0.25, -0.2) is 0 Å². The van der Waals surface area contributed by atoms with E-state index in [0.717, 1.165) is 44.2 Å². The summed E-state index contributed by atoms with van der Waals surface area (Å²) in [4.78, 5) is 13.8. The highest BCUT2D eigenvalue weighted by atomic mass is 16.5. The number of aryl methyl sites for hydroxylation is 1. The standard InChI is InChI=1S/C20H31NO4/c1-20(2,3)17-7-5-16(6-8-19(22)23-4)18(15-17)25-14-11-21-9-12-24-13-10-21/h5,7,15H,6,8-14H2,1-4H3. The van der Waals surface area contributed by atoms with Crippen molar-refractivity contribution < 1.29 is 19.0 Å². The van der Waals surface area contributed by atoms with Crippen molar-refractivity contribution in [1.29, 1.82) is 0 Å². The maximum Gasteiger partial charge on any atom is 0.305 e. The number of esters is 1. The van der Waals surface area contributed by atoms with E-state index in [9.17, 15) is 4.79 Å². The van der Waals surface area contributed by atoms with Crippen LogP contribution in [0.3, 0.4) is 0 Å². The average Bonchev–Trinajstić information content (AvgIpc) is 2.60. The number of ether oxygens (including phenoxy) is 3. The number of carbonyl (C=O) groups excluding carboxylic acids is 1. The zero-order valence-electron chi connectivity index (χ0n) is 16.0. The first-order valence-corrected chi connectivity index (χ1v) is 9.03. The molecule has 0 aliphatic carbocycles. The monoisotopic (exact) mass is 349 g/mol. The van der Waals surface area contributed by atoms with Gasteiger partial charge in [-0.1, -0.05) is 32.9 Å². The first kappa shape index (κ1) is 19.7. The van der Waals surface area contributed by atoms with E-state index in [0.29, 0.717) is 19.4 Å². The van der Waals surface area contributed by atoms with E-state index < -0.39 is 0 Å².